The van der Waals surface area contributed by atoms with Crippen LogP contribution in [0.1, 0.15) is 19.8 Å². The minimum Gasteiger partial charge on any atom is -0.388 e. The molecular weight excluding hydrogens is 214 g/mol. The molecule has 2 bridgehead atoms. The van der Waals surface area contributed by atoms with Crippen LogP contribution in [0.3, 0.4) is 0 Å². The van der Waals surface area contributed by atoms with Crippen molar-refractivity contribution in [3.63, 3.8) is 0 Å². The van der Waals surface area contributed by atoms with E-state index in [1.165, 1.54) is 32.5 Å². The summed E-state index contributed by atoms with van der Waals surface area (Å²) in [6.07, 6.45) is 2.65. The molecule has 3 rings (SSSR count). The van der Waals surface area contributed by atoms with Crippen LogP contribution in [-0.2, 0) is 0 Å². The molecule has 4 heteroatoms. The second-order valence-corrected chi connectivity index (χ2v) is 6.36. The maximum absolute atomic E-state index is 10.3. The van der Waals surface area contributed by atoms with E-state index in [1.54, 1.807) is 0 Å². The van der Waals surface area contributed by atoms with Gasteiger partial charge in [0.15, 0.2) is 0 Å². The van der Waals surface area contributed by atoms with Gasteiger partial charge in [0.1, 0.15) is 0 Å². The summed E-state index contributed by atoms with van der Waals surface area (Å²) >= 11 is 0. The maximum atomic E-state index is 10.3. The number of nitrogens with one attached hydrogen (secondary N) is 1. The molecule has 3 heterocycles. The molecular formula is C13H27N3O. The Morgan fingerprint density at radius 1 is 1.35 bits per heavy atom. The minimum atomic E-state index is -0.629. The van der Waals surface area contributed by atoms with E-state index in [1.807, 2.05) is 25.9 Å². The summed E-state index contributed by atoms with van der Waals surface area (Å²) in [5, 5.41) is 13.8. The number of hydrogen-bond acceptors (Lipinski definition) is 4. The molecule has 0 amide bonds. The number of likely N-dealkylation sites (N-methyl/N-ethyl adjacent to an activating group) is 1. The standard InChI is InChI=1S/C13H27N3O/c1-13(17,10-15(2)3)9-14-12-8-16-6-4-11(12)5-7-16/h11-12,14,17H,4-10H2,1-3H3. The second kappa shape index (κ2) is 5.22. The maximum Gasteiger partial charge on any atom is 0.0869 e. The van der Waals surface area contributed by atoms with Crippen LogP contribution in [-0.4, -0.2) is 73.4 Å². The summed E-state index contributed by atoms with van der Waals surface area (Å²) in [7, 11) is 4.01. The molecule has 0 aromatic heterocycles. The summed E-state index contributed by atoms with van der Waals surface area (Å²) in [6, 6.07) is 0.589. The number of nitrogens with zero attached hydrogens (tertiary/aromatic N) is 2. The van der Waals surface area contributed by atoms with Crippen molar-refractivity contribution in [2.45, 2.75) is 31.4 Å². The fraction of sp³-hybridized carbons (Fsp3) is 1.00. The lowest BCUT2D eigenvalue weighted by Crippen LogP contribution is -2.59. The number of aliphatic hydroxyl groups is 1. The second-order valence-electron chi connectivity index (χ2n) is 6.36. The van der Waals surface area contributed by atoms with Gasteiger partial charge in [-0.3, -0.25) is 0 Å². The molecule has 0 saturated carbocycles. The van der Waals surface area contributed by atoms with Gasteiger partial charge in [0.25, 0.3) is 0 Å². The quantitative estimate of drug-likeness (QED) is 0.710. The van der Waals surface area contributed by atoms with Crippen molar-refractivity contribution in [2.75, 3.05) is 46.8 Å². The molecule has 100 valence electrons. The molecule has 2 unspecified atom stereocenters. The Balaban J connectivity index is 1.78. The van der Waals surface area contributed by atoms with Gasteiger partial charge in [-0.15, -0.1) is 0 Å². The van der Waals surface area contributed by atoms with E-state index in [0.717, 1.165) is 5.92 Å². The average molecular weight is 241 g/mol. The summed E-state index contributed by atoms with van der Waals surface area (Å²) in [5.41, 5.74) is -0.629. The van der Waals surface area contributed by atoms with Crippen molar-refractivity contribution in [1.82, 2.24) is 15.1 Å². The highest BCUT2D eigenvalue weighted by atomic mass is 16.3. The lowest BCUT2D eigenvalue weighted by Gasteiger charge is -2.46. The topological polar surface area (TPSA) is 38.7 Å². The molecule has 3 aliphatic rings. The van der Waals surface area contributed by atoms with Gasteiger partial charge in [0.2, 0.25) is 0 Å². The first-order valence-corrected chi connectivity index (χ1v) is 6.79. The normalized spacial score (nSPS) is 36.2. The average Bonchev–Trinajstić information content (AvgIpc) is 2.26. The van der Waals surface area contributed by atoms with E-state index in [0.29, 0.717) is 19.1 Å². The summed E-state index contributed by atoms with van der Waals surface area (Å²) in [6.45, 7) is 7.04. The molecule has 17 heavy (non-hydrogen) atoms. The van der Waals surface area contributed by atoms with Gasteiger partial charge in [-0.1, -0.05) is 0 Å². The highest BCUT2D eigenvalue weighted by molar-refractivity contribution is 4.92. The molecule has 0 aromatic carbocycles. The van der Waals surface area contributed by atoms with Crippen LogP contribution in [0, 0.1) is 5.92 Å². The van der Waals surface area contributed by atoms with E-state index in [9.17, 15) is 5.11 Å². The van der Waals surface area contributed by atoms with Crippen LogP contribution >= 0.6 is 0 Å². The zero-order valence-corrected chi connectivity index (χ0v) is 11.4. The van der Waals surface area contributed by atoms with Crippen molar-refractivity contribution in [3.8, 4) is 0 Å². The van der Waals surface area contributed by atoms with Crippen LogP contribution in [0.25, 0.3) is 0 Å². The van der Waals surface area contributed by atoms with Crippen LogP contribution in [0.15, 0.2) is 0 Å². The largest absolute Gasteiger partial charge is 0.388 e. The first kappa shape index (κ1) is 13.3. The Hall–Kier alpha value is -0.160. The summed E-state index contributed by atoms with van der Waals surface area (Å²) < 4.78 is 0. The highest BCUT2D eigenvalue weighted by Gasteiger charge is 2.34. The van der Waals surface area contributed by atoms with Crippen molar-refractivity contribution in [2.24, 2.45) is 5.92 Å². The van der Waals surface area contributed by atoms with Crippen LogP contribution in [0.2, 0.25) is 0 Å². The van der Waals surface area contributed by atoms with E-state index < -0.39 is 5.60 Å². The van der Waals surface area contributed by atoms with Crippen molar-refractivity contribution >= 4 is 0 Å². The van der Waals surface area contributed by atoms with Crippen molar-refractivity contribution in [3.05, 3.63) is 0 Å². The Morgan fingerprint density at radius 3 is 2.47 bits per heavy atom. The Bertz CT molecular complexity index is 247. The van der Waals surface area contributed by atoms with Gasteiger partial charge in [0, 0.05) is 25.7 Å². The molecule has 4 nitrogen and oxygen atoms in total. The zero-order valence-electron chi connectivity index (χ0n) is 11.4. The smallest absolute Gasteiger partial charge is 0.0869 e. The van der Waals surface area contributed by atoms with Gasteiger partial charge < -0.3 is 20.2 Å². The molecule has 3 aliphatic heterocycles. The third kappa shape index (κ3) is 3.65. The first-order valence-electron chi connectivity index (χ1n) is 6.79. The van der Waals surface area contributed by atoms with Gasteiger partial charge in [-0.25, -0.2) is 0 Å². The van der Waals surface area contributed by atoms with Crippen molar-refractivity contribution < 1.29 is 5.11 Å². The molecule has 0 spiro atoms. The number of rotatable bonds is 5. The molecule has 0 radical (unpaired) electrons. The zero-order chi connectivity index (χ0) is 12.5. The number of hydrogen-bond donors (Lipinski definition) is 2. The molecule has 3 fully saturated rings. The van der Waals surface area contributed by atoms with Gasteiger partial charge in [0.05, 0.1) is 5.60 Å². The Kier molecular flexibility index (Phi) is 4.08. The lowest BCUT2D eigenvalue weighted by atomic mass is 9.84. The van der Waals surface area contributed by atoms with Crippen LogP contribution in [0.5, 0.6) is 0 Å². The van der Waals surface area contributed by atoms with E-state index in [4.69, 9.17) is 0 Å². The number of piperidine rings is 3. The van der Waals surface area contributed by atoms with Gasteiger partial charge in [-0.2, -0.15) is 0 Å². The molecule has 0 aliphatic carbocycles. The van der Waals surface area contributed by atoms with E-state index >= 15 is 0 Å². The van der Waals surface area contributed by atoms with E-state index in [-0.39, 0.29) is 0 Å². The number of fused-ring (bicyclic) bond motifs is 3. The first-order chi connectivity index (χ1) is 7.96. The molecule has 0 aromatic rings. The van der Waals surface area contributed by atoms with Crippen molar-refractivity contribution in [1.29, 1.82) is 0 Å². The monoisotopic (exact) mass is 241 g/mol. The predicted octanol–water partition coefficient (Wildman–Crippen LogP) is -0.0172. The van der Waals surface area contributed by atoms with Gasteiger partial charge >= 0.3 is 0 Å². The predicted molar refractivity (Wildman–Crippen MR) is 70.1 cm³/mol. The third-order valence-electron chi connectivity index (χ3n) is 4.06. The SMILES string of the molecule is CN(C)CC(C)(O)CNC1CN2CCC1CC2. The molecule has 2 atom stereocenters. The summed E-state index contributed by atoms with van der Waals surface area (Å²) in [5.74, 6) is 0.829. The fourth-order valence-electron chi connectivity index (χ4n) is 3.28. The lowest BCUT2D eigenvalue weighted by molar-refractivity contribution is 0.0150. The Morgan fingerprint density at radius 2 is 2.00 bits per heavy atom. The molecule has 2 N–H and O–H groups in total. The Labute approximate surface area is 105 Å². The molecule has 3 saturated heterocycles. The summed E-state index contributed by atoms with van der Waals surface area (Å²) in [4.78, 5) is 4.58. The minimum absolute atomic E-state index is 0.589. The third-order valence-corrected chi connectivity index (χ3v) is 4.06. The van der Waals surface area contributed by atoms with Gasteiger partial charge in [-0.05, 0) is 52.9 Å². The highest BCUT2D eigenvalue weighted by Crippen LogP contribution is 2.27. The van der Waals surface area contributed by atoms with Crippen LogP contribution < -0.4 is 5.32 Å². The fourth-order valence-corrected chi connectivity index (χ4v) is 3.28. The van der Waals surface area contributed by atoms with E-state index in [2.05, 4.69) is 10.2 Å². The van der Waals surface area contributed by atoms with Crippen LogP contribution in [0.4, 0.5) is 0 Å².